The molecule has 0 fully saturated rings. The van der Waals surface area contributed by atoms with E-state index in [1.54, 1.807) is 47.4 Å². The Hall–Kier alpha value is -2.29. The molecule has 1 aromatic carbocycles. The van der Waals surface area contributed by atoms with Gasteiger partial charge in [-0.25, -0.2) is 0 Å². The van der Waals surface area contributed by atoms with Crippen molar-refractivity contribution in [2.24, 2.45) is 0 Å². The predicted molar refractivity (Wildman–Crippen MR) is 78.4 cm³/mol. The van der Waals surface area contributed by atoms with E-state index in [1.807, 2.05) is 0 Å². The minimum absolute atomic E-state index is 0.0462. The number of ether oxygens (including phenoxy) is 1. The molecule has 19 heavy (non-hydrogen) atoms. The van der Waals surface area contributed by atoms with Crippen LogP contribution in [0.25, 0.3) is 0 Å². The first-order valence-electron chi connectivity index (χ1n) is 6.07. The number of benzene rings is 1. The average molecular weight is 257 g/mol. The van der Waals surface area contributed by atoms with Crippen molar-refractivity contribution in [3.05, 3.63) is 67.8 Å². The molecule has 0 saturated heterocycles. The van der Waals surface area contributed by atoms with E-state index in [1.165, 1.54) is 0 Å². The van der Waals surface area contributed by atoms with Crippen LogP contribution in [0.5, 0.6) is 5.75 Å². The highest BCUT2D eigenvalue weighted by molar-refractivity contribution is 5.94. The van der Waals surface area contributed by atoms with E-state index in [2.05, 4.69) is 19.7 Å². The summed E-state index contributed by atoms with van der Waals surface area (Å²) in [7, 11) is 0. The second-order valence-corrected chi connectivity index (χ2v) is 3.91. The average Bonchev–Trinajstić information content (AvgIpc) is 2.44. The number of hydrogen-bond donors (Lipinski definition) is 0. The molecule has 1 rings (SSSR count). The van der Waals surface area contributed by atoms with E-state index in [-0.39, 0.29) is 5.91 Å². The van der Waals surface area contributed by atoms with E-state index in [4.69, 9.17) is 4.74 Å². The standard InChI is InChI=1S/C16H19NO2/c1-4-11-17(12-5-2)16(18)14-7-9-15(10-8-14)19-13-6-3/h4-10H,1-3,11-13H2. The zero-order chi connectivity index (χ0) is 14.1. The predicted octanol–water partition coefficient (Wildman–Crippen LogP) is 3.07. The molecule has 0 atom stereocenters. The summed E-state index contributed by atoms with van der Waals surface area (Å²) >= 11 is 0. The van der Waals surface area contributed by atoms with Gasteiger partial charge in [0, 0.05) is 18.7 Å². The van der Waals surface area contributed by atoms with Gasteiger partial charge in [-0.2, -0.15) is 0 Å². The van der Waals surface area contributed by atoms with Crippen molar-refractivity contribution < 1.29 is 9.53 Å². The second kappa shape index (κ2) is 7.93. The summed E-state index contributed by atoms with van der Waals surface area (Å²) in [5, 5.41) is 0. The van der Waals surface area contributed by atoms with Crippen molar-refractivity contribution in [3.8, 4) is 5.75 Å². The summed E-state index contributed by atoms with van der Waals surface area (Å²) in [5.41, 5.74) is 0.620. The number of carbonyl (C=O) groups is 1. The lowest BCUT2D eigenvalue weighted by molar-refractivity contribution is 0.0791. The molecule has 3 nitrogen and oxygen atoms in total. The van der Waals surface area contributed by atoms with Crippen LogP contribution in [0.1, 0.15) is 10.4 Å². The molecule has 1 aromatic rings. The molecule has 0 saturated carbocycles. The van der Waals surface area contributed by atoms with Gasteiger partial charge in [0.15, 0.2) is 0 Å². The molecule has 100 valence electrons. The molecule has 0 aliphatic heterocycles. The third-order valence-electron chi connectivity index (χ3n) is 2.46. The fraction of sp³-hybridized carbons (Fsp3) is 0.188. The van der Waals surface area contributed by atoms with Crippen molar-refractivity contribution in [3.63, 3.8) is 0 Å². The minimum atomic E-state index is -0.0462. The van der Waals surface area contributed by atoms with Crippen LogP contribution in [-0.2, 0) is 0 Å². The van der Waals surface area contributed by atoms with E-state index >= 15 is 0 Å². The smallest absolute Gasteiger partial charge is 0.254 e. The van der Waals surface area contributed by atoms with E-state index in [9.17, 15) is 4.79 Å². The van der Waals surface area contributed by atoms with Gasteiger partial charge in [0.1, 0.15) is 12.4 Å². The number of rotatable bonds is 8. The minimum Gasteiger partial charge on any atom is -0.490 e. The quantitative estimate of drug-likeness (QED) is 0.670. The Labute approximate surface area is 114 Å². The molecule has 0 aliphatic carbocycles. The number of carbonyl (C=O) groups excluding carboxylic acids is 1. The summed E-state index contributed by atoms with van der Waals surface area (Å²) in [6, 6.07) is 7.05. The molecular weight excluding hydrogens is 238 g/mol. The highest BCUT2D eigenvalue weighted by atomic mass is 16.5. The van der Waals surface area contributed by atoms with Crippen LogP contribution >= 0.6 is 0 Å². The van der Waals surface area contributed by atoms with Gasteiger partial charge in [0.25, 0.3) is 5.91 Å². The molecule has 0 N–H and O–H groups in total. The molecular formula is C16H19NO2. The molecule has 0 spiro atoms. The molecule has 0 aromatic heterocycles. The molecule has 0 aliphatic rings. The maximum Gasteiger partial charge on any atom is 0.254 e. The molecule has 0 heterocycles. The number of nitrogens with zero attached hydrogens (tertiary/aromatic N) is 1. The fourth-order valence-electron chi connectivity index (χ4n) is 1.58. The topological polar surface area (TPSA) is 29.5 Å². The second-order valence-electron chi connectivity index (χ2n) is 3.91. The van der Waals surface area contributed by atoms with Crippen molar-refractivity contribution in [2.75, 3.05) is 19.7 Å². The molecule has 3 heteroatoms. The van der Waals surface area contributed by atoms with Crippen LogP contribution < -0.4 is 4.74 Å². The maximum absolute atomic E-state index is 12.2. The Morgan fingerprint density at radius 3 is 2.11 bits per heavy atom. The SMILES string of the molecule is C=CCOc1ccc(C(=O)N(CC=C)CC=C)cc1. The van der Waals surface area contributed by atoms with Crippen LogP contribution in [0.4, 0.5) is 0 Å². The highest BCUT2D eigenvalue weighted by Gasteiger charge is 2.12. The highest BCUT2D eigenvalue weighted by Crippen LogP contribution is 2.14. The fourth-order valence-corrected chi connectivity index (χ4v) is 1.58. The normalized spacial score (nSPS) is 9.47. The Morgan fingerprint density at radius 1 is 1.05 bits per heavy atom. The van der Waals surface area contributed by atoms with Crippen LogP contribution in [0, 0.1) is 0 Å². The zero-order valence-corrected chi connectivity index (χ0v) is 11.0. The third-order valence-corrected chi connectivity index (χ3v) is 2.46. The first-order chi connectivity index (χ1) is 9.22. The van der Waals surface area contributed by atoms with Gasteiger partial charge >= 0.3 is 0 Å². The van der Waals surface area contributed by atoms with Gasteiger partial charge < -0.3 is 9.64 Å². The van der Waals surface area contributed by atoms with Crippen LogP contribution in [0.3, 0.4) is 0 Å². The van der Waals surface area contributed by atoms with Gasteiger partial charge in [0.2, 0.25) is 0 Å². The van der Waals surface area contributed by atoms with Crippen molar-refractivity contribution in [1.29, 1.82) is 0 Å². The lowest BCUT2D eigenvalue weighted by Crippen LogP contribution is -2.31. The Bertz CT molecular complexity index is 438. The largest absolute Gasteiger partial charge is 0.490 e. The monoisotopic (exact) mass is 257 g/mol. The summed E-state index contributed by atoms with van der Waals surface area (Å²) in [6.07, 6.45) is 5.07. The van der Waals surface area contributed by atoms with Crippen molar-refractivity contribution >= 4 is 5.91 Å². The van der Waals surface area contributed by atoms with Gasteiger partial charge in [-0.3, -0.25) is 4.79 Å². The number of amides is 1. The Balaban J connectivity index is 2.77. The first-order valence-corrected chi connectivity index (χ1v) is 6.07. The van der Waals surface area contributed by atoms with Crippen LogP contribution in [-0.4, -0.2) is 30.5 Å². The summed E-state index contributed by atoms with van der Waals surface area (Å²) in [6.45, 7) is 12.3. The summed E-state index contributed by atoms with van der Waals surface area (Å²) < 4.78 is 5.37. The van der Waals surface area contributed by atoms with E-state index < -0.39 is 0 Å². The van der Waals surface area contributed by atoms with Gasteiger partial charge in [-0.1, -0.05) is 24.8 Å². The van der Waals surface area contributed by atoms with Crippen LogP contribution in [0.2, 0.25) is 0 Å². The van der Waals surface area contributed by atoms with E-state index in [0.717, 1.165) is 5.75 Å². The first kappa shape index (κ1) is 14.8. The summed E-state index contributed by atoms with van der Waals surface area (Å²) in [5.74, 6) is 0.672. The zero-order valence-electron chi connectivity index (χ0n) is 11.0. The molecule has 0 bridgehead atoms. The molecule has 0 radical (unpaired) electrons. The third kappa shape index (κ3) is 4.47. The lowest BCUT2D eigenvalue weighted by atomic mass is 10.2. The van der Waals surface area contributed by atoms with Gasteiger partial charge in [0.05, 0.1) is 0 Å². The Kier molecular flexibility index (Phi) is 6.16. The van der Waals surface area contributed by atoms with Gasteiger partial charge in [-0.15, -0.1) is 13.2 Å². The van der Waals surface area contributed by atoms with Crippen LogP contribution in [0.15, 0.2) is 62.2 Å². The van der Waals surface area contributed by atoms with E-state index in [0.29, 0.717) is 25.3 Å². The van der Waals surface area contributed by atoms with Gasteiger partial charge in [-0.05, 0) is 24.3 Å². The lowest BCUT2D eigenvalue weighted by Gasteiger charge is -2.19. The molecule has 0 unspecified atom stereocenters. The molecule has 1 amide bonds. The maximum atomic E-state index is 12.2. The van der Waals surface area contributed by atoms with Crippen molar-refractivity contribution in [2.45, 2.75) is 0 Å². The summed E-state index contributed by atoms with van der Waals surface area (Å²) in [4.78, 5) is 13.9. The van der Waals surface area contributed by atoms with Crippen molar-refractivity contribution in [1.82, 2.24) is 4.90 Å². The Morgan fingerprint density at radius 2 is 1.63 bits per heavy atom. The number of hydrogen-bond acceptors (Lipinski definition) is 2.